The predicted octanol–water partition coefficient (Wildman–Crippen LogP) is 2.16. The standard InChI is InChI=1S/C19H33N3O2S/c1-14(2)18(22-9-7-21(6)8-10-22)13-20-25(23,24)19-16(4)11-15(3)12-17(19)5/h11-12,14,18,20H,7-10,13H2,1-6H3. The summed E-state index contributed by atoms with van der Waals surface area (Å²) in [5.41, 5.74) is 2.71. The largest absolute Gasteiger partial charge is 0.304 e. The van der Waals surface area contributed by atoms with Gasteiger partial charge < -0.3 is 4.90 Å². The number of nitrogens with zero attached hydrogens (tertiary/aromatic N) is 2. The van der Waals surface area contributed by atoms with Gasteiger partial charge in [-0.1, -0.05) is 31.5 Å². The molecule has 5 nitrogen and oxygen atoms in total. The van der Waals surface area contributed by atoms with Gasteiger partial charge in [-0.3, -0.25) is 4.90 Å². The van der Waals surface area contributed by atoms with Crippen LogP contribution >= 0.6 is 0 Å². The maximum atomic E-state index is 12.9. The van der Waals surface area contributed by atoms with Crippen molar-refractivity contribution in [3.8, 4) is 0 Å². The van der Waals surface area contributed by atoms with Gasteiger partial charge in [0.15, 0.2) is 0 Å². The highest BCUT2D eigenvalue weighted by Gasteiger charge is 2.27. The monoisotopic (exact) mass is 367 g/mol. The Balaban J connectivity index is 2.14. The van der Waals surface area contributed by atoms with E-state index < -0.39 is 10.0 Å². The fourth-order valence-electron chi connectivity index (χ4n) is 3.80. The van der Waals surface area contributed by atoms with Gasteiger partial charge in [-0.25, -0.2) is 13.1 Å². The molecule has 0 aliphatic carbocycles. The zero-order valence-electron chi connectivity index (χ0n) is 16.5. The normalized spacial score (nSPS) is 18.7. The summed E-state index contributed by atoms with van der Waals surface area (Å²) in [7, 11) is -1.37. The summed E-state index contributed by atoms with van der Waals surface area (Å²) in [6, 6.07) is 4.08. The van der Waals surface area contributed by atoms with Crippen molar-refractivity contribution in [2.45, 2.75) is 45.6 Å². The quantitative estimate of drug-likeness (QED) is 0.837. The molecule has 0 radical (unpaired) electrons. The van der Waals surface area contributed by atoms with E-state index in [9.17, 15) is 8.42 Å². The Morgan fingerprint density at radius 2 is 1.56 bits per heavy atom. The van der Waals surface area contributed by atoms with Crippen molar-refractivity contribution < 1.29 is 8.42 Å². The molecule has 1 fully saturated rings. The fourth-order valence-corrected chi connectivity index (χ4v) is 5.30. The second-order valence-electron chi connectivity index (χ2n) is 7.73. The van der Waals surface area contributed by atoms with Crippen molar-refractivity contribution >= 4 is 10.0 Å². The average Bonchev–Trinajstić information content (AvgIpc) is 2.47. The van der Waals surface area contributed by atoms with Crippen LogP contribution in [0.15, 0.2) is 17.0 Å². The molecule has 142 valence electrons. The van der Waals surface area contributed by atoms with E-state index in [0.29, 0.717) is 17.4 Å². The molecule has 0 bridgehead atoms. The van der Waals surface area contributed by atoms with E-state index in [1.165, 1.54) is 0 Å². The van der Waals surface area contributed by atoms with E-state index in [-0.39, 0.29) is 6.04 Å². The molecule has 0 saturated carbocycles. The van der Waals surface area contributed by atoms with Crippen LogP contribution in [-0.4, -0.2) is 64.0 Å². The van der Waals surface area contributed by atoms with E-state index >= 15 is 0 Å². The summed E-state index contributed by atoms with van der Waals surface area (Å²) in [5, 5.41) is 0. The number of nitrogens with one attached hydrogen (secondary N) is 1. The van der Waals surface area contributed by atoms with Crippen LogP contribution in [0.4, 0.5) is 0 Å². The van der Waals surface area contributed by atoms with E-state index in [1.54, 1.807) is 0 Å². The number of rotatable bonds is 6. The highest BCUT2D eigenvalue weighted by molar-refractivity contribution is 7.89. The lowest BCUT2D eigenvalue weighted by Gasteiger charge is -2.39. The van der Waals surface area contributed by atoms with Gasteiger partial charge in [0.25, 0.3) is 0 Å². The van der Waals surface area contributed by atoms with Crippen LogP contribution in [0.5, 0.6) is 0 Å². The third kappa shape index (κ3) is 5.03. The summed E-state index contributed by atoms with van der Waals surface area (Å²) in [6.07, 6.45) is 0. The molecule has 1 aromatic carbocycles. The number of aryl methyl sites for hydroxylation is 3. The van der Waals surface area contributed by atoms with Gasteiger partial charge in [0.2, 0.25) is 10.0 Å². The van der Waals surface area contributed by atoms with Gasteiger partial charge in [-0.2, -0.15) is 0 Å². The predicted molar refractivity (Wildman–Crippen MR) is 104 cm³/mol. The molecule has 1 heterocycles. The zero-order valence-corrected chi connectivity index (χ0v) is 17.3. The molecular weight excluding hydrogens is 334 g/mol. The molecule has 1 aromatic rings. The summed E-state index contributed by atoms with van der Waals surface area (Å²) in [4.78, 5) is 5.16. The smallest absolute Gasteiger partial charge is 0.241 e. The van der Waals surface area contributed by atoms with Gasteiger partial charge in [-0.15, -0.1) is 0 Å². The van der Waals surface area contributed by atoms with Crippen LogP contribution in [0.1, 0.15) is 30.5 Å². The molecule has 25 heavy (non-hydrogen) atoms. The molecule has 0 amide bonds. The molecule has 6 heteroatoms. The molecule has 0 aromatic heterocycles. The minimum atomic E-state index is -3.50. The van der Waals surface area contributed by atoms with Crippen molar-refractivity contribution in [3.05, 3.63) is 28.8 Å². The second-order valence-corrected chi connectivity index (χ2v) is 9.43. The van der Waals surface area contributed by atoms with Crippen molar-refractivity contribution in [3.63, 3.8) is 0 Å². The topological polar surface area (TPSA) is 52.7 Å². The fraction of sp³-hybridized carbons (Fsp3) is 0.684. The first-order chi connectivity index (χ1) is 11.6. The summed E-state index contributed by atoms with van der Waals surface area (Å²) in [6.45, 7) is 14.6. The highest BCUT2D eigenvalue weighted by Crippen LogP contribution is 2.22. The Labute approximate surface area is 153 Å². The number of hydrogen-bond donors (Lipinski definition) is 1. The molecule has 1 N–H and O–H groups in total. The molecule has 1 atom stereocenters. The summed E-state index contributed by atoms with van der Waals surface area (Å²) >= 11 is 0. The van der Waals surface area contributed by atoms with Crippen molar-refractivity contribution in [2.75, 3.05) is 39.8 Å². The first-order valence-corrected chi connectivity index (χ1v) is 10.6. The molecule has 2 rings (SSSR count). The van der Waals surface area contributed by atoms with E-state index in [4.69, 9.17) is 0 Å². The van der Waals surface area contributed by atoms with E-state index in [0.717, 1.165) is 42.9 Å². The second kappa shape index (κ2) is 8.16. The Kier molecular flexibility index (Phi) is 6.65. The number of hydrogen-bond acceptors (Lipinski definition) is 4. The lowest BCUT2D eigenvalue weighted by atomic mass is 10.0. The van der Waals surface area contributed by atoms with Gasteiger partial charge >= 0.3 is 0 Å². The molecule has 1 aliphatic rings. The van der Waals surface area contributed by atoms with Crippen LogP contribution in [0, 0.1) is 26.7 Å². The molecular formula is C19H33N3O2S. The first-order valence-electron chi connectivity index (χ1n) is 9.12. The maximum Gasteiger partial charge on any atom is 0.241 e. The van der Waals surface area contributed by atoms with Gasteiger partial charge in [-0.05, 0) is 44.9 Å². The Bertz CT molecular complexity index is 670. The lowest BCUT2D eigenvalue weighted by molar-refractivity contribution is 0.0905. The number of benzene rings is 1. The molecule has 0 spiro atoms. The highest BCUT2D eigenvalue weighted by atomic mass is 32.2. The summed E-state index contributed by atoms with van der Waals surface area (Å²) < 4.78 is 28.7. The third-order valence-corrected chi connectivity index (χ3v) is 6.86. The summed E-state index contributed by atoms with van der Waals surface area (Å²) in [5.74, 6) is 0.395. The Morgan fingerprint density at radius 1 is 1.04 bits per heavy atom. The van der Waals surface area contributed by atoms with Crippen molar-refractivity contribution in [1.29, 1.82) is 0 Å². The Hall–Kier alpha value is -0.950. The van der Waals surface area contributed by atoms with Crippen molar-refractivity contribution in [2.24, 2.45) is 5.92 Å². The minimum absolute atomic E-state index is 0.217. The zero-order chi connectivity index (χ0) is 18.8. The van der Waals surface area contributed by atoms with Gasteiger partial charge in [0.1, 0.15) is 0 Å². The number of sulfonamides is 1. The molecule has 1 aliphatic heterocycles. The van der Waals surface area contributed by atoms with Crippen LogP contribution in [0.3, 0.4) is 0 Å². The van der Waals surface area contributed by atoms with Gasteiger partial charge in [0, 0.05) is 38.8 Å². The van der Waals surface area contributed by atoms with E-state index in [1.807, 2.05) is 32.9 Å². The van der Waals surface area contributed by atoms with Crippen LogP contribution in [-0.2, 0) is 10.0 Å². The molecule has 1 unspecified atom stereocenters. The minimum Gasteiger partial charge on any atom is -0.304 e. The van der Waals surface area contributed by atoms with Gasteiger partial charge in [0.05, 0.1) is 4.90 Å². The first kappa shape index (κ1) is 20.4. The van der Waals surface area contributed by atoms with E-state index in [2.05, 4.69) is 35.4 Å². The maximum absolute atomic E-state index is 12.9. The van der Waals surface area contributed by atoms with Crippen LogP contribution in [0.2, 0.25) is 0 Å². The SMILES string of the molecule is Cc1cc(C)c(S(=O)(=O)NCC(C(C)C)N2CCN(C)CC2)c(C)c1. The number of likely N-dealkylation sites (N-methyl/N-ethyl adjacent to an activating group) is 1. The molecule has 1 saturated heterocycles. The third-order valence-electron chi connectivity index (χ3n) is 5.13. The van der Waals surface area contributed by atoms with Crippen molar-refractivity contribution in [1.82, 2.24) is 14.5 Å². The van der Waals surface area contributed by atoms with Crippen LogP contribution < -0.4 is 4.72 Å². The average molecular weight is 368 g/mol. The number of piperazine rings is 1. The Morgan fingerprint density at radius 3 is 2.04 bits per heavy atom. The van der Waals surface area contributed by atoms with Crippen LogP contribution in [0.25, 0.3) is 0 Å². The lowest BCUT2D eigenvalue weighted by Crippen LogP contribution is -2.54.